The third-order valence-electron chi connectivity index (χ3n) is 6.49. The number of carbonyl (C=O) groups is 2. The third kappa shape index (κ3) is 6.06. The van der Waals surface area contributed by atoms with Crippen LogP contribution in [0.25, 0.3) is 11.4 Å². The fourth-order valence-electron chi connectivity index (χ4n) is 4.69. The number of hydrogen-bond donors (Lipinski definition) is 1. The largest absolute Gasteiger partial charge is 0.350 e. The number of hydrogen-bond acceptors (Lipinski definition) is 6. The molecule has 1 aliphatic carbocycles. The van der Waals surface area contributed by atoms with Crippen LogP contribution >= 0.6 is 22.9 Å². The lowest BCUT2D eigenvalue weighted by Crippen LogP contribution is -2.49. The predicted octanol–water partition coefficient (Wildman–Crippen LogP) is 4.88. The van der Waals surface area contributed by atoms with Gasteiger partial charge in [-0.2, -0.15) is 4.80 Å². The number of carbonyl (C=O) groups excluding carboxylic acids is 2. The maximum Gasteiger partial charge on any atom is 0.248 e. The first-order valence-electron chi connectivity index (χ1n) is 12.3. The molecule has 2 aromatic heterocycles. The molecule has 2 amide bonds. The second kappa shape index (κ2) is 11.7. The lowest BCUT2D eigenvalue weighted by molar-refractivity contribution is -0.144. The average molecular weight is 535 g/mol. The first kappa shape index (κ1) is 25.1. The number of nitrogens with one attached hydrogen (secondary N) is 1. The molecule has 0 radical (unpaired) electrons. The van der Waals surface area contributed by atoms with E-state index >= 15 is 0 Å². The summed E-state index contributed by atoms with van der Waals surface area (Å²) in [7, 11) is 0. The molecule has 1 aliphatic rings. The molecule has 0 aliphatic heterocycles. The SMILES string of the molecule is O=C(NCc1ccccc1)C(c1cccs1)N(C(=O)Cn1nnc(-c2ccc(Cl)cc2)n1)C1CCCC1. The van der Waals surface area contributed by atoms with Crippen molar-refractivity contribution < 1.29 is 9.59 Å². The Kier molecular flexibility index (Phi) is 7.91. The molecule has 1 fully saturated rings. The van der Waals surface area contributed by atoms with Crippen LogP contribution in [-0.4, -0.2) is 43.0 Å². The van der Waals surface area contributed by atoms with Gasteiger partial charge >= 0.3 is 0 Å². The van der Waals surface area contributed by atoms with E-state index in [1.807, 2.05) is 47.8 Å². The summed E-state index contributed by atoms with van der Waals surface area (Å²) in [5, 5.41) is 18.2. The van der Waals surface area contributed by atoms with Crippen LogP contribution in [0.2, 0.25) is 5.02 Å². The van der Waals surface area contributed by atoms with Crippen molar-refractivity contribution in [3.05, 3.63) is 87.6 Å². The molecule has 0 spiro atoms. The van der Waals surface area contributed by atoms with Crippen molar-refractivity contribution in [2.45, 2.75) is 50.9 Å². The van der Waals surface area contributed by atoms with Crippen molar-refractivity contribution in [2.75, 3.05) is 0 Å². The van der Waals surface area contributed by atoms with Crippen LogP contribution in [0.1, 0.15) is 42.2 Å². The number of amides is 2. The van der Waals surface area contributed by atoms with Crippen LogP contribution in [0, 0.1) is 0 Å². The summed E-state index contributed by atoms with van der Waals surface area (Å²) in [6.45, 7) is 0.286. The number of benzene rings is 2. The fourth-order valence-corrected chi connectivity index (χ4v) is 5.64. The van der Waals surface area contributed by atoms with Crippen molar-refractivity contribution in [3.63, 3.8) is 0 Å². The summed E-state index contributed by atoms with van der Waals surface area (Å²) in [5.74, 6) is 0.00691. The van der Waals surface area contributed by atoms with Gasteiger partial charge in [0.25, 0.3) is 0 Å². The van der Waals surface area contributed by atoms with Gasteiger partial charge in [0.1, 0.15) is 12.6 Å². The summed E-state index contributed by atoms with van der Waals surface area (Å²) in [6.07, 6.45) is 3.78. The molecular weight excluding hydrogens is 508 g/mol. The monoisotopic (exact) mass is 534 g/mol. The van der Waals surface area contributed by atoms with Gasteiger partial charge in [0.05, 0.1) is 0 Å². The topological polar surface area (TPSA) is 93.0 Å². The molecule has 8 nitrogen and oxygen atoms in total. The van der Waals surface area contributed by atoms with Crippen molar-refractivity contribution in [1.82, 2.24) is 30.4 Å². The summed E-state index contributed by atoms with van der Waals surface area (Å²) in [6, 6.07) is 20.0. The Morgan fingerprint density at radius 1 is 1.05 bits per heavy atom. The lowest BCUT2D eigenvalue weighted by atomic mass is 10.1. The van der Waals surface area contributed by atoms with E-state index < -0.39 is 6.04 Å². The van der Waals surface area contributed by atoms with Gasteiger partial charge in [0.2, 0.25) is 17.6 Å². The Hall–Kier alpha value is -3.56. The summed E-state index contributed by atoms with van der Waals surface area (Å²) in [5.41, 5.74) is 1.76. The van der Waals surface area contributed by atoms with E-state index in [1.165, 1.54) is 16.1 Å². The molecule has 1 N–H and O–H groups in total. The lowest BCUT2D eigenvalue weighted by Gasteiger charge is -2.35. The van der Waals surface area contributed by atoms with Crippen LogP contribution in [0.4, 0.5) is 0 Å². The number of nitrogens with zero attached hydrogens (tertiary/aromatic N) is 5. The molecule has 0 saturated heterocycles. The Morgan fingerprint density at radius 2 is 1.81 bits per heavy atom. The van der Waals surface area contributed by atoms with Gasteiger partial charge in [-0.05, 0) is 59.3 Å². The van der Waals surface area contributed by atoms with Gasteiger partial charge in [-0.3, -0.25) is 9.59 Å². The van der Waals surface area contributed by atoms with Crippen LogP contribution in [0.3, 0.4) is 0 Å². The minimum atomic E-state index is -0.724. The van der Waals surface area contributed by atoms with Gasteiger partial charge < -0.3 is 10.2 Å². The molecule has 5 rings (SSSR count). The van der Waals surface area contributed by atoms with Crippen LogP contribution in [0.15, 0.2) is 72.1 Å². The Labute approximate surface area is 224 Å². The molecule has 0 bridgehead atoms. The highest BCUT2D eigenvalue weighted by Crippen LogP contribution is 2.34. The van der Waals surface area contributed by atoms with Crippen LogP contribution in [0.5, 0.6) is 0 Å². The molecule has 190 valence electrons. The summed E-state index contributed by atoms with van der Waals surface area (Å²) in [4.78, 5) is 31.3. The molecular formula is C27H27ClN6O2S. The highest BCUT2D eigenvalue weighted by molar-refractivity contribution is 7.10. The number of tetrazole rings is 1. The van der Waals surface area contributed by atoms with Gasteiger partial charge in [-0.1, -0.05) is 60.8 Å². The highest BCUT2D eigenvalue weighted by Gasteiger charge is 2.38. The Bertz CT molecular complexity index is 1320. The summed E-state index contributed by atoms with van der Waals surface area (Å²) < 4.78 is 0. The molecule has 1 saturated carbocycles. The predicted molar refractivity (Wildman–Crippen MR) is 143 cm³/mol. The molecule has 37 heavy (non-hydrogen) atoms. The molecule has 2 aromatic carbocycles. The minimum Gasteiger partial charge on any atom is -0.350 e. The van der Waals surface area contributed by atoms with Crippen molar-refractivity contribution in [3.8, 4) is 11.4 Å². The van der Waals surface area contributed by atoms with Crippen molar-refractivity contribution in [1.29, 1.82) is 0 Å². The molecule has 10 heteroatoms. The second-order valence-corrected chi connectivity index (χ2v) is 10.4. The van der Waals surface area contributed by atoms with Gasteiger partial charge in [0, 0.05) is 28.0 Å². The Morgan fingerprint density at radius 3 is 2.51 bits per heavy atom. The quantitative estimate of drug-likeness (QED) is 0.330. The van der Waals surface area contributed by atoms with Crippen molar-refractivity contribution >= 4 is 34.8 Å². The summed E-state index contributed by atoms with van der Waals surface area (Å²) >= 11 is 7.46. The molecule has 2 heterocycles. The average Bonchev–Trinajstić information content (AvgIpc) is 3.70. The molecule has 1 unspecified atom stereocenters. The zero-order chi connectivity index (χ0) is 25.6. The number of aromatic nitrogens is 4. The first-order chi connectivity index (χ1) is 18.1. The van der Waals surface area contributed by atoms with Gasteiger partial charge in [0.15, 0.2) is 0 Å². The van der Waals surface area contributed by atoms with E-state index in [0.29, 0.717) is 17.4 Å². The van der Waals surface area contributed by atoms with E-state index in [4.69, 9.17) is 11.6 Å². The smallest absolute Gasteiger partial charge is 0.248 e. The Balaban J connectivity index is 1.39. The second-order valence-electron chi connectivity index (χ2n) is 9.01. The normalized spacial score (nSPS) is 14.4. The van der Waals surface area contributed by atoms with E-state index in [9.17, 15) is 9.59 Å². The minimum absolute atomic E-state index is 0.0265. The number of halogens is 1. The fraction of sp³-hybridized carbons (Fsp3) is 0.296. The first-order valence-corrected chi connectivity index (χ1v) is 13.5. The number of thiophene rings is 1. The maximum absolute atomic E-state index is 13.8. The van der Waals surface area contributed by atoms with Crippen LogP contribution in [-0.2, 0) is 22.7 Å². The van der Waals surface area contributed by atoms with Gasteiger partial charge in [-0.25, -0.2) is 0 Å². The highest BCUT2D eigenvalue weighted by atomic mass is 35.5. The van der Waals surface area contributed by atoms with E-state index in [1.54, 1.807) is 29.2 Å². The zero-order valence-corrected chi connectivity index (χ0v) is 21.7. The number of rotatable bonds is 9. The van der Waals surface area contributed by atoms with Crippen LogP contribution < -0.4 is 5.32 Å². The van der Waals surface area contributed by atoms with E-state index in [2.05, 4.69) is 20.7 Å². The van der Waals surface area contributed by atoms with E-state index in [-0.39, 0.29) is 24.4 Å². The zero-order valence-electron chi connectivity index (χ0n) is 20.2. The standard InChI is InChI=1S/C27H27ClN6O2S/c28-21-14-12-20(13-15-21)26-30-32-33(31-26)18-24(35)34(22-9-4-5-10-22)25(23-11-6-16-37-23)27(36)29-17-19-7-2-1-3-8-19/h1-3,6-8,11-16,22,25H,4-5,9-10,17-18H2,(H,29,36). The third-order valence-corrected chi connectivity index (χ3v) is 7.66. The van der Waals surface area contributed by atoms with E-state index in [0.717, 1.165) is 41.7 Å². The van der Waals surface area contributed by atoms with Gasteiger partial charge in [-0.15, -0.1) is 21.5 Å². The van der Waals surface area contributed by atoms with Crippen molar-refractivity contribution in [2.24, 2.45) is 0 Å². The molecule has 4 aromatic rings. The maximum atomic E-state index is 13.8. The molecule has 1 atom stereocenters.